The molecule has 128 valence electrons. The molecule has 0 bridgehead atoms. The van der Waals surface area contributed by atoms with Gasteiger partial charge in [-0.3, -0.25) is 5.41 Å². The SMILES string of the molecule is CCc1cc(CC)cc(NC(=N)Nc2cc(CC)cc(CC)c2)c1. The summed E-state index contributed by atoms with van der Waals surface area (Å²) >= 11 is 0. The van der Waals surface area contributed by atoms with Gasteiger partial charge in [0, 0.05) is 11.4 Å². The van der Waals surface area contributed by atoms with Gasteiger partial charge in [-0.15, -0.1) is 0 Å². The van der Waals surface area contributed by atoms with Gasteiger partial charge in [-0.05, 0) is 72.2 Å². The second kappa shape index (κ2) is 8.53. The number of guanidine groups is 1. The van der Waals surface area contributed by atoms with E-state index in [1.807, 2.05) is 0 Å². The number of aryl methyl sites for hydroxylation is 4. The van der Waals surface area contributed by atoms with E-state index in [1.54, 1.807) is 0 Å². The largest absolute Gasteiger partial charge is 0.326 e. The van der Waals surface area contributed by atoms with Crippen LogP contribution in [0.5, 0.6) is 0 Å². The topological polar surface area (TPSA) is 47.9 Å². The number of rotatable bonds is 6. The van der Waals surface area contributed by atoms with Crippen LogP contribution in [0.2, 0.25) is 0 Å². The van der Waals surface area contributed by atoms with Crippen molar-refractivity contribution in [3.05, 3.63) is 58.7 Å². The highest BCUT2D eigenvalue weighted by Gasteiger charge is 2.04. The molecule has 0 saturated heterocycles. The Labute approximate surface area is 146 Å². The molecule has 0 aromatic heterocycles. The molecule has 0 heterocycles. The van der Waals surface area contributed by atoms with Gasteiger partial charge in [0.1, 0.15) is 0 Å². The molecule has 0 aliphatic carbocycles. The number of hydrogen-bond acceptors (Lipinski definition) is 1. The molecule has 0 saturated carbocycles. The standard InChI is InChI=1S/C21H29N3/c1-5-15-9-16(6-2)12-19(11-15)23-21(22)24-20-13-17(7-3)10-18(8-4)14-20/h9-14H,5-8H2,1-4H3,(H3,22,23,24). The van der Waals surface area contributed by atoms with Gasteiger partial charge < -0.3 is 10.6 Å². The lowest BCUT2D eigenvalue weighted by atomic mass is 10.1. The quantitative estimate of drug-likeness (QED) is 0.493. The third-order valence-electron chi connectivity index (χ3n) is 4.28. The van der Waals surface area contributed by atoms with Gasteiger partial charge in [-0.2, -0.15) is 0 Å². The first-order valence-electron chi connectivity index (χ1n) is 8.96. The van der Waals surface area contributed by atoms with Crippen LogP contribution in [0.25, 0.3) is 0 Å². The van der Waals surface area contributed by atoms with Crippen LogP contribution in [-0.4, -0.2) is 5.96 Å². The summed E-state index contributed by atoms with van der Waals surface area (Å²) in [4.78, 5) is 0. The monoisotopic (exact) mass is 323 g/mol. The molecule has 24 heavy (non-hydrogen) atoms. The van der Waals surface area contributed by atoms with Crippen LogP contribution >= 0.6 is 0 Å². The number of hydrogen-bond donors (Lipinski definition) is 3. The first-order valence-corrected chi connectivity index (χ1v) is 8.96. The summed E-state index contributed by atoms with van der Waals surface area (Å²) < 4.78 is 0. The minimum atomic E-state index is 0.306. The van der Waals surface area contributed by atoms with Crippen LogP contribution in [0.15, 0.2) is 36.4 Å². The van der Waals surface area contributed by atoms with E-state index in [1.165, 1.54) is 22.3 Å². The van der Waals surface area contributed by atoms with E-state index in [-0.39, 0.29) is 0 Å². The van der Waals surface area contributed by atoms with E-state index in [4.69, 9.17) is 5.41 Å². The molecule has 2 rings (SSSR count). The Morgan fingerprint density at radius 2 is 0.917 bits per heavy atom. The average molecular weight is 323 g/mol. The highest BCUT2D eigenvalue weighted by Crippen LogP contribution is 2.19. The number of anilines is 2. The van der Waals surface area contributed by atoms with Crippen molar-refractivity contribution in [2.24, 2.45) is 0 Å². The van der Waals surface area contributed by atoms with Gasteiger partial charge in [0.05, 0.1) is 0 Å². The normalized spacial score (nSPS) is 10.5. The van der Waals surface area contributed by atoms with Crippen molar-refractivity contribution in [2.45, 2.75) is 53.4 Å². The maximum atomic E-state index is 8.25. The van der Waals surface area contributed by atoms with Gasteiger partial charge in [-0.1, -0.05) is 39.8 Å². The van der Waals surface area contributed by atoms with Gasteiger partial charge in [0.15, 0.2) is 5.96 Å². The summed E-state index contributed by atoms with van der Waals surface area (Å²) in [5, 5.41) is 14.6. The highest BCUT2D eigenvalue weighted by molar-refractivity contribution is 6.01. The zero-order chi connectivity index (χ0) is 17.5. The summed E-state index contributed by atoms with van der Waals surface area (Å²) in [5.74, 6) is 0.306. The lowest BCUT2D eigenvalue weighted by Gasteiger charge is -2.14. The van der Waals surface area contributed by atoms with Crippen LogP contribution < -0.4 is 10.6 Å². The fraction of sp³-hybridized carbons (Fsp3) is 0.381. The Morgan fingerprint density at radius 1 is 0.625 bits per heavy atom. The maximum absolute atomic E-state index is 8.25. The first kappa shape index (κ1) is 18.1. The molecule has 0 amide bonds. The molecule has 0 aliphatic rings. The van der Waals surface area contributed by atoms with Crippen molar-refractivity contribution in [3.8, 4) is 0 Å². The molecule has 0 atom stereocenters. The Morgan fingerprint density at radius 3 is 1.17 bits per heavy atom. The summed E-state index contributed by atoms with van der Waals surface area (Å²) in [5.41, 5.74) is 7.14. The molecule has 2 aromatic carbocycles. The van der Waals surface area contributed by atoms with Crippen LogP contribution in [0.3, 0.4) is 0 Å². The van der Waals surface area contributed by atoms with Gasteiger partial charge in [0.25, 0.3) is 0 Å². The number of nitrogens with one attached hydrogen (secondary N) is 3. The van der Waals surface area contributed by atoms with E-state index in [0.29, 0.717) is 5.96 Å². The third-order valence-corrected chi connectivity index (χ3v) is 4.28. The fourth-order valence-electron chi connectivity index (χ4n) is 2.81. The van der Waals surface area contributed by atoms with Gasteiger partial charge in [-0.25, -0.2) is 0 Å². The molecule has 0 aliphatic heterocycles. The van der Waals surface area contributed by atoms with E-state index in [0.717, 1.165) is 37.1 Å². The lowest BCUT2D eigenvalue weighted by molar-refractivity contribution is 1.09. The number of benzene rings is 2. The predicted octanol–water partition coefficient (Wildman–Crippen LogP) is 5.39. The Balaban J connectivity index is 2.13. The van der Waals surface area contributed by atoms with Gasteiger partial charge >= 0.3 is 0 Å². The molecule has 0 unspecified atom stereocenters. The second-order valence-corrected chi connectivity index (χ2v) is 6.12. The molecular formula is C21H29N3. The van der Waals surface area contributed by atoms with Crippen molar-refractivity contribution in [1.82, 2.24) is 0 Å². The van der Waals surface area contributed by atoms with E-state index < -0.39 is 0 Å². The lowest BCUT2D eigenvalue weighted by Crippen LogP contribution is -2.21. The van der Waals surface area contributed by atoms with Crippen molar-refractivity contribution in [2.75, 3.05) is 10.6 Å². The van der Waals surface area contributed by atoms with E-state index in [2.05, 4.69) is 74.7 Å². The molecule has 0 fully saturated rings. The Hall–Kier alpha value is -2.29. The zero-order valence-corrected chi connectivity index (χ0v) is 15.3. The molecular weight excluding hydrogens is 294 g/mol. The van der Waals surface area contributed by atoms with E-state index >= 15 is 0 Å². The fourth-order valence-corrected chi connectivity index (χ4v) is 2.81. The van der Waals surface area contributed by atoms with Crippen molar-refractivity contribution < 1.29 is 0 Å². The minimum absolute atomic E-state index is 0.306. The van der Waals surface area contributed by atoms with Gasteiger partial charge in [0.2, 0.25) is 0 Å². The van der Waals surface area contributed by atoms with Crippen molar-refractivity contribution in [3.63, 3.8) is 0 Å². The molecule has 3 heteroatoms. The van der Waals surface area contributed by atoms with Crippen LogP contribution in [0.4, 0.5) is 11.4 Å². The summed E-state index contributed by atoms with van der Waals surface area (Å²) in [7, 11) is 0. The van der Waals surface area contributed by atoms with E-state index in [9.17, 15) is 0 Å². The smallest absolute Gasteiger partial charge is 0.197 e. The third kappa shape index (κ3) is 4.85. The molecule has 3 N–H and O–H groups in total. The predicted molar refractivity (Wildman–Crippen MR) is 105 cm³/mol. The van der Waals surface area contributed by atoms with Crippen molar-refractivity contribution in [1.29, 1.82) is 5.41 Å². The minimum Gasteiger partial charge on any atom is -0.326 e. The summed E-state index contributed by atoms with van der Waals surface area (Å²) in [6.45, 7) is 8.63. The average Bonchev–Trinajstić information content (AvgIpc) is 2.60. The van der Waals surface area contributed by atoms with Crippen LogP contribution in [0.1, 0.15) is 49.9 Å². The second-order valence-electron chi connectivity index (χ2n) is 6.12. The van der Waals surface area contributed by atoms with Crippen LogP contribution in [0, 0.1) is 5.41 Å². The summed E-state index contributed by atoms with van der Waals surface area (Å²) in [6, 6.07) is 13.0. The molecule has 2 aromatic rings. The van der Waals surface area contributed by atoms with Crippen molar-refractivity contribution >= 4 is 17.3 Å². The zero-order valence-electron chi connectivity index (χ0n) is 15.3. The highest BCUT2D eigenvalue weighted by atomic mass is 15.1. The Bertz CT molecular complexity index is 600. The molecule has 0 spiro atoms. The Kier molecular flexibility index (Phi) is 6.42. The molecule has 3 nitrogen and oxygen atoms in total. The maximum Gasteiger partial charge on any atom is 0.197 e. The van der Waals surface area contributed by atoms with Crippen LogP contribution in [-0.2, 0) is 25.7 Å². The summed E-state index contributed by atoms with van der Waals surface area (Å²) in [6.07, 6.45) is 4.01. The molecule has 0 radical (unpaired) electrons. The first-order chi connectivity index (χ1) is 11.6.